The molecule has 2 heterocycles. The summed E-state index contributed by atoms with van der Waals surface area (Å²) in [6, 6.07) is 7.91. The first-order chi connectivity index (χ1) is 11.8. The summed E-state index contributed by atoms with van der Waals surface area (Å²) in [6.45, 7) is 0.750. The zero-order chi connectivity index (χ0) is 18.4. The highest BCUT2D eigenvalue weighted by atomic mass is 16.6. The Kier molecular flexibility index (Phi) is 3.98. The Hall–Kier alpha value is -2.55. The van der Waals surface area contributed by atoms with E-state index in [1.54, 1.807) is 18.2 Å². The van der Waals surface area contributed by atoms with Gasteiger partial charge in [-0.1, -0.05) is 30.3 Å². The van der Waals surface area contributed by atoms with E-state index < -0.39 is 41.5 Å². The predicted octanol–water partition coefficient (Wildman–Crippen LogP) is -0.693. The number of amides is 1. The molecule has 132 valence electrons. The fourth-order valence-electron chi connectivity index (χ4n) is 3.18. The number of rotatable bonds is 4. The first-order valence-corrected chi connectivity index (χ1v) is 7.55. The van der Waals surface area contributed by atoms with Crippen molar-refractivity contribution in [1.82, 2.24) is 5.32 Å². The third-order valence-corrected chi connectivity index (χ3v) is 4.63. The molecule has 1 aromatic rings. The third kappa shape index (κ3) is 2.08. The third-order valence-electron chi connectivity index (χ3n) is 4.63. The number of carbonyl (C=O) groups is 3. The second-order valence-corrected chi connectivity index (χ2v) is 5.86. The summed E-state index contributed by atoms with van der Waals surface area (Å²) in [7, 11) is 1.13. The van der Waals surface area contributed by atoms with Crippen LogP contribution in [-0.4, -0.2) is 58.8 Å². The van der Waals surface area contributed by atoms with Gasteiger partial charge in [0.25, 0.3) is 11.5 Å². The van der Waals surface area contributed by atoms with Gasteiger partial charge in [-0.05, 0) is 6.92 Å². The van der Waals surface area contributed by atoms with E-state index in [0.717, 1.165) is 7.11 Å². The van der Waals surface area contributed by atoms with Crippen LogP contribution in [0.5, 0.6) is 0 Å². The number of ketones is 2. The van der Waals surface area contributed by atoms with Crippen LogP contribution in [0, 0.1) is 0 Å². The Balaban J connectivity index is 2.07. The summed E-state index contributed by atoms with van der Waals surface area (Å²) in [5.41, 5.74) is -4.35. The fourth-order valence-corrected chi connectivity index (χ4v) is 3.18. The zero-order valence-corrected chi connectivity index (χ0v) is 13.6. The molecule has 3 N–H and O–H groups in total. The molecule has 8 heteroatoms. The van der Waals surface area contributed by atoms with E-state index in [1.165, 1.54) is 19.1 Å². The topological polar surface area (TPSA) is 122 Å². The maximum absolute atomic E-state index is 12.9. The van der Waals surface area contributed by atoms with Crippen LogP contribution in [-0.2, 0) is 19.1 Å². The summed E-state index contributed by atoms with van der Waals surface area (Å²) in [5, 5.41) is 22.4. The molecule has 2 aliphatic heterocycles. The molecule has 8 nitrogen and oxygen atoms in total. The maximum Gasteiger partial charge on any atom is 0.278 e. The zero-order valence-electron chi connectivity index (χ0n) is 13.6. The minimum absolute atomic E-state index is 0.00997. The van der Waals surface area contributed by atoms with Gasteiger partial charge in [0, 0.05) is 18.2 Å². The average molecular weight is 347 g/mol. The van der Waals surface area contributed by atoms with E-state index in [1.807, 2.05) is 0 Å². The van der Waals surface area contributed by atoms with Gasteiger partial charge in [-0.15, -0.1) is 0 Å². The highest BCUT2D eigenvalue weighted by Gasteiger charge is 2.73. The van der Waals surface area contributed by atoms with Gasteiger partial charge in [0.2, 0.25) is 17.3 Å². The van der Waals surface area contributed by atoms with Crippen molar-refractivity contribution in [3.63, 3.8) is 0 Å². The lowest BCUT2D eigenvalue weighted by molar-refractivity contribution is -0.160. The second-order valence-electron chi connectivity index (χ2n) is 5.86. The van der Waals surface area contributed by atoms with Gasteiger partial charge >= 0.3 is 0 Å². The van der Waals surface area contributed by atoms with Crippen LogP contribution in [0.15, 0.2) is 41.7 Å². The number of ether oxygens (including phenoxy) is 2. The molecule has 1 spiro atoms. The van der Waals surface area contributed by atoms with E-state index in [2.05, 4.69) is 5.32 Å². The molecule has 2 aliphatic rings. The molecule has 1 aromatic carbocycles. The number of hydrogen-bond donors (Lipinski definition) is 3. The van der Waals surface area contributed by atoms with E-state index in [4.69, 9.17) is 9.47 Å². The fraction of sp³-hybridized carbons (Fsp3) is 0.353. The van der Waals surface area contributed by atoms with E-state index >= 15 is 0 Å². The van der Waals surface area contributed by atoms with Crippen LogP contribution >= 0.6 is 0 Å². The predicted molar refractivity (Wildman–Crippen MR) is 83.3 cm³/mol. The van der Waals surface area contributed by atoms with Crippen molar-refractivity contribution in [1.29, 1.82) is 0 Å². The number of aliphatic hydroxyl groups excluding tert-OH is 2. The van der Waals surface area contributed by atoms with Crippen LogP contribution in [0.25, 0.3) is 0 Å². The van der Waals surface area contributed by atoms with Crippen molar-refractivity contribution in [2.75, 3.05) is 13.7 Å². The molecule has 0 saturated carbocycles. The number of methoxy groups -OCH3 is 1. The lowest BCUT2D eigenvalue weighted by atomic mass is 9.85. The van der Waals surface area contributed by atoms with Crippen molar-refractivity contribution >= 4 is 17.5 Å². The minimum atomic E-state index is -2.36. The summed E-state index contributed by atoms with van der Waals surface area (Å²) in [5.74, 6) is -2.67. The van der Waals surface area contributed by atoms with Crippen molar-refractivity contribution < 1.29 is 34.1 Å². The average Bonchev–Trinajstić information content (AvgIpc) is 3.03. The van der Waals surface area contributed by atoms with Crippen LogP contribution < -0.4 is 5.32 Å². The van der Waals surface area contributed by atoms with E-state index in [9.17, 15) is 24.6 Å². The van der Waals surface area contributed by atoms with Crippen LogP contribution in [0.2, 0.25) is 0 Å². The van der Waals surface area contributed by atoms with Crippen molar-refractivity contribution in [3.8, 4) is 0 Å². The van der Waals surface area contributed by atoms with Crippen LogP contribution in [0.3, 0.4) is 0 Å². The summed E-state index contributed by atoms with van der Waals surface area (Å²) in [6.07, 6.45) is -1.95. The number of hydrogen-bond acceptors (Lipinski definition) is 7. The lowest BCUT2D eigenvalue weighted by Crippen LogP contribution is -2.60. The molecule has 0 aliphatic carbocycles. The van der Waals surface area contributed by atoms with Crippen molar-refractivity contribution in [3.05, 3.63) is 47.2 Å². The Morgan fingerprint density at radius 3 is 2.48 bits per heavy atom. The summed E-state index contributed by atoms with van der Waals surface area (Å²) >= 11 is 0. The molecule has 1 amide bonds. The lowest BCUT2D eigenvalue weighted by Gasteiger charge is -2.32. The summed E-state index contributed by atoms with van der Waals surface area (Å²) < 4.78 is 10.5. The highest BCUT2D eigenvalue weighted by Crippen LogP contribution is 2.42. The van der Waals surface area contributed by atoms with Gasteiger partial charge in [0.1, 0.15) is 12.4 Å². The quantitative estimate of drug-likeness (QED) is 0.487. The van der Waals surface area contributed by atoms with E-state index in [0.29, 0.717) is 0 Å². The first kappa shape index (κ1) is 17.3. The summed E-state index contributed by atoms with van der Waals surface area (Å²) in [4.78, 5) is 38.1. The molecule has 0 aromatic heterocycles. The smallest absolute Gasteiger partial charge is 0.278 e. The first-order valence-electron chi connectivity index (χ1n) is 7.55. The minimum Gasteiger partial charge on any atom is -0.468 e. The van der Waals surface area contributed by atoms with Crippen LogP contribution in [0.4, 0.5) is 0 Å². The number of nitrogens with one attached hydrogen (secondary N) is 1. The maximum atomic E-state index is 12.9. The van der Waals surface area contributed by atoms with Gasteiger partial charge in [-0.3, -0.25) is 14.4 Å². The number of Topliss-reactive ketones (excluding diaryl/α,β-unsaturated/α-hetero) is 2. The number of benzene rings is 1. The van der Waals surface area contributed by atoms with Gasteiger partial charge in [0.15, 0.2) is 6.10 Å². The standard InChI is InChI=1S/C17H17NO7/c1-9-11(8-19)25-16(12(9)20)14(22)17(24-2,18-15(16)23)13(21)10-6-4-3-5-7-10/h3-7,14,19,22H,8H2,1-2H3,(H,18,23)/t14-,16-,17-/m1/s1. The largest absolute Gasteiger partial charge is 0.468 e. The Morgan fingerprint density at radius 2 is 1.96 bits per heavy atom. The number of carbonyl (C=O) groups excluding carboxylic acids is 3. The highest BCUT2D eigenvalue weighted by molar-refractivity contribution is 6.23. The van der Waals surface area contributed by atoms with Crippen molar-refractivity contribution in [2.45, 2.75) is 24.4 Å². The molecule has 3 rings (SSSR count). The SMILES string of the molecule is CO[C@@]1(C(=O)c2ccccc2)NC(=O)[C@]2(OC(CO)=C(C)C2=O)[C@H]1O. The monoisotopic (exact) mass is 347 g/mol. The van der Waals surface area contributed by atoms with Gasteiger partial charge in [0.05, 0.1) is 0 Å². The van der Waals surface area contributed by atoms with Gasteiger partial charge in [-0.25, -0.2) is 0 Å². The molecule has 0 radical (unpaired) electrons. The van der Waals surface area contributed by atoms with Gasteiger partial charge in [-0.2, -0.15) is 0 Å². The molecule has 0 unspecified atom stereocenters. The molecule has 1 saturated heterocycles. The Labute approximate surface area is 143 Å². The van der Waals surface area contributed by atoms with Gasteiger partial charge < -0.3 is 25.0 Å². The molecule has 3 atom stereocenters. The molecule has 25 heavy (non-hydrogen) atoms. The second kappa shape index (κ2) is 5.76. The van der Waals surface area contributed by atoms with Crippen molar-refractivity contribution in [2.24, 2.45) is 0 Å². The Bertz CT molecular complexity index is 787. The Morgan fingerprint density at radius 1 is 1.32 bits per heavy atom. The molecular formula is C17H17NO7. The number of aliphatic hydroxyl groups is 2. The molecule has 1 fully saturated rings. The van der Waals surface area contributed by atoms with Crippen LogP contribution in [0.1, 0.15) is 17.3 Å². The molecule has 0 bridgehead atoms. The normalized spacial score (nSPS) is 31.4. The van der Waals surface area contributed by atoms with E-state index in [-0.39, 0.29) is 16.9 Å². The molecular weight excluding hydrogens is 330 g/mol.